The van der Waals surface area contributed by atoms with Crippen molar-refractivity contribution in [2.24, 2.45) is 0 Å². The summed E-state index contributed by atoms with van der Waals surface area (Å²) in [7, 11) is 0. The molecule has 2 aliphatic rings. The molecular formula is C20H25N3O2S. The maximum atomic E-state index is 12.9. The number of piperidine rings is 1. The zero-order chi connectivity index (χ0) is 18.3. The second-order valence-corrected chi connectivity index (χ2v) is 8.48. The van der Waals surface area contributed by atoms with Crippen molar-refractivity contribution in [1.82, 2.24) is 14.5 Å². The summed E-state index contributed by atoms with van der Waals surface area (Å²) in [4.78, 5) is 32.5. The number of carbonyl (C=O) groups is 1. The van der Waals surface area contributed by atoms with Crippen LogP contribution in [0.1, 0.15) is 52.0 Å². The Morgan fingerprint density at radius 2 is 1.85 bits per heavy atom. The van der Waals surface area contributed by atoms with Gasteiger partial charge in [0.1, 0.15) is 0 Å². The topological polar surface area (TPSA) is 55.2 Å². The van der Waals surface area contributed by atoms with E-state index in [-0.39, 0.29) is 17.5 Å². The molecule has 1 saturated carbocycles. The first kappa shape index (κ1) is 17.6. The maximum absolute atomic E-state index is 12.9. The maximum Gasteiger partial charge on any atom is 0.262 e. The summed E-state index contributed by atoms with van der Waals surface area (Å²) in [5.41, 5.74) is 0.733. The Labute approximate surface area is 157 Å². The highest BCUT2D eigenvalue weighted by Gasteiger charge is 2.31. The van der Waals surface area contributed by atoms with Crippen LogP contribution in [0.5, 0.6) is 0 Å². The van der Waals surface area contributed by atoms with E-state index < -0.39 is 0 Å². The van der Waals surface area contributed by atoms with Gasteiger partial charge in [0.25, 0.3) is 5.56 Å². The predicted molar refractivity (Wildman–Crippen MR) is 105 cm³/mol. The fourth-order valence-corrected chi connectivity index (χ4v) is 4.93. The molecular weight excluding hydrogens is 346 g/mol. The summed E-state index contributed by atoms with van der Waals surface area (Å²) in [5, 5.41) is 1.34. The van der Waals surface area contributed by atoms with E-state index in [1.54, 1.807) is 0 Å². The third kappa shape index (κ3) is 3.27. The molecule has 138 valence electrons. The molecule has 2 atom stereocenters. The van der Waals surface area contributed by atoms with Crippen LogP contribution in [0, 0.1) is 0 Å². The summed E-state index contributed by atoms with van der Waals surface area (Å²) >= 11 is 1.41. The van der Waals surface area contributed by atoms with Crippen LogP contribution in [-0.2, 0) is 4.79 Å². The van der Waals surface area contributed by atoms with Gasteiger partial charge in [-0.2, -0.15) is 0 Å². The molecule has 2 fully saturated rings. The van der Waals surface area contributed by atoms with Crippen molar-refractivity contribution in [3.8, 4) is 0 Å². The number of nitrogens with zero attached hydrogens (tertiary/aromatic N) is 3. The highest BCUT2D eigenvalue weighted by atomic mass is 32.2. The molecule has 26 heavy (non-hydrogen) atoms. The summed E-state index contributed by atoms with van der Waals surface area (Å²) < 4.78 is 1.81. The molecule has 1 amide bonds. The van der Waals surface area contributed by atoms with Crippen LogP contribution in [0.15, 0.2) is 34.2 Å². The van der Waals surface area contributed by atoms with E-state index in [0.717, 1.165) is 25.7 Å². The summed E-state index contributed by atoms with van der Waals surface area (Å²) in [6, 6.07) is 8.30. The number of hydrogen-bond donors (Lipinski definition) is 0. The summed E-state index contributed by atoms with van der Waals surface area (Å²) in [5.74, 6) is 0.492. The van der Waals surface area contributed by atoms with Gasteiger partial charge in [-0.1, -0.05) is 23.9 Å². The van der Waals surface area contributed by atoms with E-state index >= 15 is 0 Å². The first-order valence-electron chi connectivity index (χ1n) is 9.51. The van der Waals surface area contributed by atoms with Crippen molar-refractivity contribution in [1.29, 1.82) is 0 Å². The van der Waals surface area contributed by atoms with Crippen molar-refractivity contribution in [3.63, 3.8) is 0 Å². The van der Waals surface area contributed by atoms with Gasteiger partial charge in [-0.25, -0.2) is 4.98 Å². The molecule has 1 aromatic heterocycles. The van der Waals surface area contributed by atoms with E-state index in [1.165, 1.54) is 18.2 Å². The number of aromatic nitrogens is 2. The molecule has 4 rings (SSSR count). The van der Waals surface area contributed by atoms with Crippen molar-refractivity contribution in [2.75, 3.05) is 5.75 Å². The number of benzene rings is 1. The minimum absolute atomic E-state index is 0.0211. The van der Waals surface area contributed by atoms with Crippen LogP contribution >= 0.6 is 11.8 Å². The average molecular weight is 372 g/mol. The zero-order valence-electron chi connectivity index (χ0n) is 15.4. The van der Waals surface area contributed by atoms with Gasteiger partial charge in [-0.3, -0.25) is 14.2 Å². The molecule has 1 aliphatic carbocycles. The Morgan fingerprint density at radius 3 is 2.54 bits per heavy atom. The molecule has 0 unspecified atom stereocenters. The SMILES string of the molecule is C[C@H]1CCC[C@H](C)N1C(=O)CSc1nc2ccccc2c(=O)n1C1CC1. The molecule has 0 radical (unpaired) electrons. The fourth-order valence-electron chi connectivity index (χ4n) is 4.00. The molecule has 2 heterocycles. The predicted octanol–water partition coefficient (Wildman–Crippen LogP) is 3.61. The lowest BCUT2D eigenvalue weighted by molar-refractivity contribution is -0.134. The van der Waals surface area contributed by atoms with Crippen molar-refractivity contribution >= 4 is 28.6 Å². The number of carbonyl (C=O) groups excluding carboxylic acids is 1. The van der Waals surface area contributed by atoms with Gasteiger partial charge in [0.15, 0.2) is 5.16 Å². The van der Waals surface area contributed by atoms with Gasteiger partial charge >= 0.3 is 0 Å². The zero-order valence-corrected chi connectivity index (χ0v) is 16.2. The van der Waals surface area contributed by atoms with Crippen LogP contribution in [0.3, 0.4) is 0 Å². The van der Waals surface area contributed by atoms with E-state index in [2.05, 4.69) is 13.8 Å². The minimum atomic E-state index is 0.0211. The van der Waals surface area contributed by atoms with Crippen LogP contribution in [0.4, 0.5) is 0 Å². The van der Waals surface area contributed by atoms with Gasteiger partial charge < -0.3 is 4.90 Å². The lowest BCUT2D eigenvalue weighted by Crippen LogP contribution is -2.48. The molecule has 1 aliphatic heterocycles. The van der Waals surface area contributed by atoms with Gasteiger partial charge in [0.05, 0.1) is 16.7 Å². The second-order valence-electron chi connectivity index (χ2n) is 7.54. The lowest BCUT2D eigenvalue weighted by Gasteiger charge is -2.39. The molecule has 0 N–H and O–H groups in total. The van der Waals surface area contributed by atoms with Gasteiger partial charge in [0, 0.05) is 18.1 Å². The second kappa shape index (κ2) is 7.06. The van der Waals surface area contributed by atoms with E-state index in [1.807, 2.05) is 33.7 Å². The van der Waals surface area contributed by atoms with Crippen LogP contribution in [0.25, 0.3) is 10.9 Å². The van der Waals surface area contributed by atoms with Crippen molar-refractivity contribution in [2.45, 2.75) is 69.2 Å². The highest BCUT2D eigenvalue weighted by Crippen LogP contribution is 2.37. The van der Waals surface area contributed by atoms with Gasteiger partial charge in [0.2, 0.25) is 5.91 Å². The quantitative estimate of drug-likeness (QED) is 0.608. The Kier molecular flexibility index (Phi) is 4.78. The molecule has 0 spiro atoms. The Bertz CT molecular complexity index is 880. The molecule has 1 saturated heterocycles. The number of fused-ring (bicyclic) bond motifs is 1. The number of para-hydroxylation sites is 1. The van der Waals surface area contributed by atoms with Crippen LogP contribution < -0.4 is 5.56 Å². The van der Waals surface area contributed by atoms with E-state index in [9.17, 15) is 9.59 Å². The average Bonchev–Trinajstić information content (AvgIpc) is 3.45. The van der Waals surface area contributed by atoms with Crippen LogP contribution in [-0.4, -0.2) is 38.2 Å². The van der Waals surface area contributed by atoms with Crippen molar-refractivity contribution in [3.05, 3.63) is 34.6 Å². The third-order valence-electron chi connectivity index (χ3n) is 5.49. The van der Waals surface area contributed by atoms with Crippen LogP contribution in [0.2, 0.25) is 0 Å². The Balaban J connectivity index is 1.60. The monoisotopic (exact) mass is 371 g/mol. The number of hydrogen-bond acceptors (Lipinski definition) is 4. The van der Waals surface area contributed by atoms with E-state index in [4.69, 9.17) is 4.98 Å². The van der Waals surface area contributed by atoms with Crippen molar-refractivity contribution < 1.29 is 4.79 Å². The lowest BCUT2D eigenvalue weighted by atomic mass is 9.98. The number of amides is 1. The standard InChI is InChI=1S/C20H25N3O2S/c1-13-6-5-7-14(2)22(13)18(24)12-26-20-21-17-9-4-3-8-16(17)19(25)23(20)15-10-11-15/h3-4,8-9,13-15H,5-7,10-12H2,1-2H3/t13-,14-/m0/s1. The largest absolute Gasteiger partial charge is 0.337 e. The molecule has 5 nitrogen and oxygen atoms in total. The smallest absolute Gasteiger partial charge is 0.262 e. The molecule has 0 bridgehead atoms. The molecule has 1 aromatic carbocycles. The first-order valence-corrected chi connectivity index (χ1v) is 10.5. The third-order valence-corrected chi connectivity index (χ3v) is 6.43. The number of rotatable bonds is 4. The highest BCUT2D eigenvalue weighted by molar-refractivity contribution is 7.99. The number of likely N-dealkylation sites (tertiary alicyclic amines) is 1. The fraction of sp³-hybridized carbons (Fsp3) is 0.550. The van der Waals surface area contributed by atoms with E-state index in [0.29, 0.717) is 33.9 Å². The Morgan fingerprint density at radius 1 is 1.15 bits per heavy atom. The Hall–Kier alpha value is -1.82. The molecule has 2 aromatic rings. The van der Waals surface area contributed by atoms with Gasteiger partial charge in [-0.15, -0.1) is 0 Å². The normalized spacial score (nSPS) is 23.4. The number of thioether (sulfide) groups is 1. The minimum Gasteiger partial charge on any atom is -0.337 e. The summed E-state index contributed by atoms with van der Waals surface area (Å²) in [6.07, 6.45) is 5.36. The first-order chi connectivity index (χ1) is 12.6. The summed E-state index contributed by atoms with van der Waals surface area (Å²) in [6.45, 7) is 4.26. The van der Waals surface area contributed by atoms with Gasteiger partial charge in [-0.05, 0) is 58.1 Å². The molecule has 6 heteroatoms.